The fraction of sp³-hybridized carbons (Fsp3) is 0.857. The first kappa shape index (κ1) is 14.2. The Labute approximate surface area is 114 Å². The van der Waals surface area contributed by atoms with Crippen LogP contribution in [0.5, 0.6) is 0 Å². The number of rotatable bonds is 1. The summed E-state index contributed by atoms with van der Waals surface area (Å²) in [5.41, 5.74) is -0.775. The molecule has 0 aromatic heterocycles. The number of aliphatic carboxylic acids is 1. The molecule has 2 aliphatic heterocycles. The SMILES string of the molecule is CC1CC(C)CN(C(=O)N2CCC(C)(C(=O)O)C2)C1. The van der Waals surface area contributed by atoms with Crippen LogP contribution in [0.1, 0.15) is 33.6 Å². The van der Waals surface area contributed by atoms with Gasteiger partial charge in [-0.1, -0.05) is 13.8 Å². The van der Waals surface area contributed by atoms with Crippen molar-refractivity contribution in [1.29, 1.82) is 0 Å². The Morgan fingerprint density at radius 2 is 1.74 bits per heavy atom. The number of likely N-dealkylation sites (tertiary alicyclic amines) is 2. The van der Waals surface area contributed by atoms with Crippen LogP contribution in [-0.2, 0) is 4.79 Å². The number of urea groups is 1. The lowest BCUT2D eigenvalue weighted by Gasteiger charge is -2.37. The second-order valence-electron chi connectivity index (χ2n) is 6.67. The molecule has 2 fully saturated rings. The van der Waals surface area contributed by atoms with E-state index in [0.717, 1.165) is 19.5 Å². The maximum absolute atomic E-state index is 12.5. The summed E-state index contributed by atoms with van der Waals surface area (Å²) in [6.45, 7) is 8.54. The number of piperidine rings is 1. The fourth-order valence-corrected chi connectivity index (χ4v) is 3.32. The van der Waals surface area contributed by atoms with Gasteiger partial charge in [-0.05, 0) is 31.6 Å². The summed E-state index contributed by atoms with van der Waals surface area (Å²) in [5, 5.41) is 9.21. The minimum absolute atomic E-state index is 0.0170. The third-order valence-corrected chi connectivity index (χ3v) is 4.40. The van der Waals surface area contributed by atoms with Crippen molar-refractivity contribution >= 4 is 12.0 Å². The second kappa shape index (κ2) is 5.02. The molecular weight excluding hydrogens is 244 g/mol. The second-order valence-corrected chi connectivity index (χ2v) is 6.67. The van der Waals surface area contributed by atoms with Gasteiger partial charge in [-0.15, -0.1) is 0 Å². The molecule has 2 saturated heterocycles. The van der Waals surface area contributed by atoms with E-state index in [0.29, 0.717) is 31.3 Å². The zero-order chi connectivity index (χ0) is 14.2. The predicted molar refractivity (Wildman–Crippen MR) is 71.8 cm³/mol. The number of amides is 2. The average Bonchev–Trinajstić information content (AvgIpc) is 2.71. The van der Waals surface area contributed by atoms with Gasteiger partial charge in [0.15, 0.2) is 0 Å². The molecule has 108 valence electrons. The first-order valence-corrected chi connectivity index (χ1v) is 7.09. The van der Waals surface area contributed by atoms with Crippen molar-refractivity contribution < 1.29 is 14.7 Å². The van der Waals surface area contributed by atoms with Crippen molar-refractivity contribution in [2.45, 2.75) is 33.6 Å². The van der Waals surface area contributed by atoms with Crippen LogP contribution in [0.4, 0.5) is 4.79 Å². The molecule has 3 unspecified atom stereocenters. The van der Waals surface area contributed by atoms with Gasteiger partial charge >= 0.3 is 12.0 Å². The van der Waals surface area contributed by atoms with Gasteiger partial charge in [-0.25, -0.2) is 4.79 Å². The van der Waals surface area contributed by atoms with E-state index in [1.807, 2.05) is 4.90 Å². The first-order valence-electron chi connectivity index (χ1n) is 7.09. The van der Waals surface area contributed by atoms with Gasteiger partial charge in [-0.2, -0.15) is 0 Å². The van der Waals surface area contributed by atoms with Crippen LogP contribution in [0.3, 0.4) is 0 Å². The highest BCUT2D eigenvalue weighted by atomic mass is 16.4. The Kier molecular flexibility index (Phi) is 3.74. The predicted octanol–water partition coefficient (Wildman–Crippen LogP) is 1.88. The summed E-state index contributed by atoms with van der Waals surface area (Å²) in [6.07, 6.45) is 1.71. The van der Waals surface area contributed by atoms with E-state index in [1.54, 1.807) is 11.8 Å². The van der Waals surface area contributed by atoms with Crippen molar-refractivity contribution in [3.05, 3.63) is 0 Å². The molecule has 0 aliphatic carbocycles. The third-order valence-electron chi connectivity index (χ3n) is 4.40. The molecular formula is C14H24N2O3. The highest BCUT2D eigenvalue weighted by Crippen LogP contribution is 2.31. The maximum atomic E-state index is 12.5. The number of nitrogens with zero attached hydrogens (tertiary/aromatic N) is 2. The monoisotopic (exact) mass is 268 g/mol. The molecule has 5 heteroatoms. The number of hydrogen-bond donors (Lipinski definition) is 1. The van der Waals surface area contributed by atoms with E-state index in [-0.39, 0.29) is 6.03 Å². The Morgan fingerprint density at radius 3 is 2.21 bits per heavy atom. The summed E-state index contributed by atoms with van der Waals surface area (Å²) >= 11 is 0. The summed E-state index contributed by atoms with van der Waals surface area (Å²) in [4.78, 5) is 27.3. The highest BCUT2D eigenvalue weighted by molar-refractivity contribution is 5.79. The van der Waals surface area contributed by atoms with Gasteiger partial charge in [0.2, 0.25) is 0 Å². The lowest BCUT2D eigenvalue weighted by Crippen LogP contribution is -2.49. The normalized spacial score (nSPS) is 35.5. The van der Waals surface area contributed by atoms with Crippen LogP contribution in [0.15, 0.2) is 0 Å². The van der Waals surface area contributed by atoms with Crippen LogP contribution in [0.25, 0.3) is 0 Å². The van der Waals surface area contributed by atoms with Gasteiger partial charge in [0.25, 0.3) is 0 Å². The Hall–Kier alpha value is -1.26. The standard InChI is InChI=1S/C14H24N2O3/c1-10-6-11(2)8-16(7-10)13(19)15-5-4-14(3,9-15)12(17)18/h10-11H,4-9H2,1-3H3,(H,17,18). The van der Waals surface area contributed by atoms with Crippen LogP contribution < -0.4 is 0 Å². The molecule has 0 aromatic carbocycles. The number of hydrogen-bond acceptors (Lipinski definition) is 2. The Balaban J connectivity index is 1.99. The van der Waals surface area contributed by atoms with Gasteiger partial charge in [-0.3, -0.25) is 4.79 Å². The Bertz CT molecular complexity index is 375. The van der Waals surface area contributed by atoms with Crippen molar-refractivity contribution in [1.82, 2.24) is 9.80 Å². The van der Waals surface area contributed by atoms with E-state index in [9.17, 15) is 14.7 Å². The number of carbonyl (C=O) groups is 2. The van der Waals surface area contributed by atoms with Crippen molar-refractivity contribution in [2.24, 2.45) is 17.3 Å². The quantitative estimate of drug-likeness (QED) is 0.790. The van der Waals surface area contributed by atoms with E-state index >= 15 is 0 Å². The third kappa shape index (κ3) is 2.85. The number of carbonyl (C=O) groups excluding carboxylic acids is 1. The Morgan fingerprint density at radius 1 is 1.16 bits per heavy atom. The number of carboxylic acid groups (broad SMARTS) is 1. The summed E-state index contributed by atoms with van der Waals surface area (Å²) in [5.74, 6) is 0.255. The van der Waals surface area contributed by atoms with E-state index in [4.69, 9.17) is 0 Å². The minimum Gasteiger partial charge on any atom is -0.481 e. The average molecular weight is 268 g/mol. The molecule has 2 rings (SSSR count). The lowest BCUT2D eigenvalue weighted by molar-refractivity contribution is -0.147. The van der Waals surface area contributed by atoms with Gasteiger partial charge in [0.05, 0.1) is 5.41 Å². The number of carboxylic acids is 1. The molecule has 0 aromatic rings. The zero-order valence-electron chi connectivity index (χ0n) is 12.1. The molecule has 0 bridgehead atoms. The van der Waals surface area contributed by atoms with E-state index in [1.165, 1.54) is 0 Å². The van der Waals surface area contributed by atoms with Gasteiger partial charge in [0, 0.05) is 26.2 Å². The zero-order valence-corrected chi connectivity index (χ0v) is 12.1. The van der Waals surface area contributed by atoms with Crippen LogP contribution >= 0.6 is 0 Å². The van der Waals surface area contributed by atoms with Crippen LogP contribution in [0, 0.1) is 17.3 Å². The van der Waals surface area contributed by atoms with Crippen molar-refractivity contribution in [3.8, 4) is 0 Å². The smallest absolute Gasteiger partial charge is 0.320 e. The molecule has 5 nitrogen and oxygen atoms in total. The largest absolute Gasteiger partial charge is 0.481 e. The van der Waals surface area contributed by atoms with Crippen molar-refractivity contribution in [3.63, 3.8) is 0 Å². The molecule has 19 heavy (non-hydrogen) atoms. The summed E-state index contributed by atoms with van der Waals surface area (Å²) in [6, 6.07) is 0.0170. The molecule has 0 radical (unpaired) electrons. The molecule has 2 aliphatic rings. The molecule has 0 spiro atoms. The van der Waals surface area contributed by atoms with Gasteiger partial charge < -0.3 is 14.9 Å². The topological polar surface area (TPSA) is 60.9 Å². The van der Waals surface area contributed by atoms with Crippen LogP contribution in [-0.4, -0.2) is 53.1 Å². The fourth-order valence-electron chi connectivity index (χ4n) is 3.32. The van der Waals surface area contributed by atoms with E-state index in [2.05, 4.69) is 13.8 Å². The minimum atomic E-state index is -0.803. The highest BCUT2D eigenvalue weighted by Gasteiger charge is 2.43. The summed E-state index contributed by atoms with van der Waals surface area (Å²) < 4.78 is 0. The molecule has 0 saturated carbocycles. The van der Waals surface area contributed by atoms with E-state index < -0.39 is 11.4 Å². The molecule has 2 amide bonds. The van der Waals surface area contributed by atoms with Gasteiger partial charge in [0.1, 0.15) is 0 Å². The first-order chi connectivity index (χ1) is 8.82. The molecule has 1 N–H and O–H groups in total. The maximum Gasteiger partial charge on any atom is 0.320 e. The van der Waals surface area contributed by atoms with Crippen LogP contribution in [0.2, 0.25) is 0 Å². The summed E-state index contributed by atoms with van der Waals surface area (Å²) in [7, 11) is 0. The molecule has 3 atom stereocenters. The molecule has 2 heterocycles. The van der Waals surface area contributed by atoms with Crippen molar-refractivity contribution in [2.75, 3.05) is 26.2 Å². The lowest BCUT2D eigenvalue weighted by atomic mass is 9.90.